The van der Waals surface area contributed by atoms with Gasteiger partial charge < -0.3 is 15.1 Å². The number of halogens is 1. The number of hydrogen-bond acceptors (Lipinski definition) is 4. The highest BCUT2D eigenvalue weighted by molar-refractivity contribution is 6.34. The first-order valence-electron chi connectivity index (χ1n) is 13.5. The summed E-state index contributed by atoms with van der Waals surface area (Å²) in [6.45, 7) is 9.98. The van der Waals surface area contributed by atoms with Gasteiger partial charge in [0, 0.05) is 43.8 Å². The van der Waals surface area contributed by atoms with Crippen LogP contribution in [0.2, 0.25) is 5.02 Å². The first-order chi connectivity index (χ1) is 17.6. The molecule has 1 saturated carbocycles. The molecule has 1 aromatic heterocycles. The first-order valence-corrected chi connectivity index (χ1v) is 13.9. The standard InChI is InChI=1S/C16H18N2O.C14H21ClN2/c19-16(18-12-6-2-1-3-7-12)14-10-11-17-15-9-5-4-8-13(14)15;1-3-12-6-5-7-13(14(12)15)17-10-8-16(4-2)9-11-17/h4-5,8-12H,1-3,6-7H2,(H,18,19);5-7H,3-4,8-11H2,1-2H3. The maximum atomic E-state index is 12.4. The normalized spacial score (nSPS) is 16.9. The minimum atomic E-state index is 0.0329. The number of anilines is 1. The summed E-state index contributed by atoms with van der Waals surface area (Å²) in [5.41, 5.74) is 4.07. The van der Waals surface area contributed by atoms with Crippen molar-refractivity contribution in [3.63, 3.8) is 0 Å². The lowest BCUT2D eigenvalue weighted by molar-refractivity contribution is 0.0929. The highest BCUT2D eigenvalue weighted by Crippen LogP contribution is 2.30. The molecule has 192 valence electrons. The van der Waals surface area contributed by atoms with E-state index in [2.05, 4.69) is 52.1 Å². The Morgan fingerprint density at radius 2 is 1.72 bits per heavy atom. The molecule has 0 atom stereocenters. The van der Waals surface area contributed by atoms with Crippen molar-refractivity contribution in [2.45, 2.75) is 58.4 Å². The number of rotatable bonds is 5. The molecule has 5 rings (SSSR count). The van der Waals surface area contributed by atoms with Crippen LogP contribution in [0.5, 0.6) is 0 Å². The van der Waals surface area contributed by atoms with Crippen LogP contribution < -0.4 is 10.2 Å². The van der Waals surface area contributed by atoms with Crippen LogP contribution in [-0.2, 0) is 6.42 Å². The van der Waals surface area contributed by atoms with Crippen LogP contribution in [0.25, 0.3) is 10.9 Å². The molecule has 2 heterocycles. The number of para-hydroxylation sites is 1. The number of pyridine rings is 1. The highest BCUT2D eigenvalue weighted by atomic mass is 35.5. The molecule has 2 fully saturated rings. The molecule has 0 radical (unpaired) electrons. The second-order valence-electron chi connectivity index (χ2n) is 9.71. The molecule has 2 aliphatic rings. The first kappa shape index (κ1) is 26.4. The van der Waals surface area contributed by atoms with Crippen molar-refractivity contribution >= 4 is 34.1 Å². The monoisotopic (exact) mass is 506 g/mol. The van der Waals surface area contributed by atoms with Gasteiger partial charge in [0.25, 0.3) is 5.91 Å². The van der Waals surface area contributed by atoms with Crippen LogP contribution in [-0.4, -0.2) is 54.6 Å². The third-order valence-electron chi connectivity index (χ3n) is 7.43. The summed E-state index contributed by atoms with van der Waals surface area (Å²) in [6.07, 6.45) is 8.66. The molecule has 36 heavy (non-hydrogen) atoms. The molecule has 5 nitrogen and oxygen atoms in total. The summed E-state index contributed by atoms with van der Waals surface area (Å²) in [4.78, 5) is 21.6. The van der Waals surface area contributed by atoms with E-state index in [1.165, 1.54) is 30.5 Å². The van der Waals surface area contributed by atoms with Crippen molar-refractivity contribution in [3.05, 3.63) is 70.9 Å². The number of benzene rings is 2. The van der Waals surface area contributed by atoms with Crippen LogP contribution in [0.3, 0.4) is 0 Å². The number of aromatic nitrogens is 1. The number of nitrogens with one attached hydrogen (secondary N) is 1. The van der Waals surface area contributed by atoms with Crippen molar-refractivity contribution in [1.29, 1.82) is 0 Å². The van der Waals surface area contributed by atoms with E-state index in [-0.39, 0.29) is 5.91 Å². The molecule has 1 amide bonds. The Labute approximate surface area is 220 Å². The van der Waals surface area contributed by atoms with Crippen molar-refractivity contribution in [2.24, 2.45) is 0 Å². The topological polar surface area (TPSA) is 48.5 Å². The lowest BCUT2D eigenvalue weighted by Gasteiger charge is -2.36. The fourth-order valence-corrected chi connectivity index (χ4v) is 5.57. The van der Waals surface area contributed by atoms with E-state index in [0.29, 0.717) is 6.04 Å². The van der Waals surface area contributed by atoms with E-state index in [0.717, 1.165) is 73.5 Å². The smallest absolute Gasteiger partial charge is 0.252 e. The SMILES string of the molecule is CCc1cccc(N2CCN(CC)CC2)c1Cl.O=C(NC1CCCCC1)c1ccnc2ccccc12. The molecule has 1 saturated heterocycles. The molecular weight excluding hydrogens is 468 g/mol. The number of piperazine rings is 1. The zero-order chi connectivity index (χ0) is 25.3. The molecule has 0 bridgehead atoms. The Morgan fingerprint density at radius 1 is 0.972 bits per heavy atom. The Hall–Kier alpha value is -2.63. The molecule has 3 aromatic rings. The zero-order valence-electron chi connectivity index (χ0n) is 21.7. The maximum Gasteiger partial charge on any atom is 0.252 e. The van der Waals surface area contributed by atoms with E-state index in [1.54, 1.807) is 12.3 Å². The number of carbonyl (C=O) groups is 1. The van der Waals surface area contributed by atoms with E-state index >= 15 is 0 Å². The van der Waals surface area contributed by atoms with E-state index in [4.69, 9.17) is 11.6 Å². The molecular formula is C30H39ClN4O. The number of likely N-dealkylation sites (N-methyl/N-ethyl adjacent to an activating group) is 1. The minimum Gasteiger partial charge on any atom is -0.368 e. The van der Waals surface area contributed by atoms with Crippen LogP contribution in [0, 0.1) is 0 Å². The highest BCUT2D eigenvalue weighted by Gasteiger charge is 2.19. The Bertz CT molecular complexity index is 1130. The predicted molar refractivity (Wildman–Crippen MR) is 151 cm³/mol. The van der Waals surface area contributed by atoms with Gasteiger partial charge in [-0.1, -0.05) is 75.0 Å². The van der Waals surface area contributed by atoms with Gasteiger partial charge in [0.2, 0.25) is 0 Å². The predicted octanol–water partition coefficient (Wildman–Crippen LogP) is 6.34. The van der Waals surface area contributed by atoms with Gasteiger partial charge >= 0.3 is 0 Å². The molecule has 2 aromatic carbocycles. The largest absolute Gasteiger partial charge is 0.368 e. The second kappa shape index (κ2) is 13.1. The maximum absolute atomic E-state index is 12.4. The van der Waals surface area contributed by atoms with Gasteiger partial charge in [-0.15, -0.1) is 0 Å². The van der Waals surface area contributed by atoms with Gasteiger partial charge in [-0.2, -0.15) is 0 Å². The van der Waals surface area contributed by atoms with Crippen LogP contribution in [0.4, 0.5) is 5.69 Å². The quantitative estimate of drug-likeness (QED) is 0.438. The van der Waals surface area contributed by atoms with Crippen LogP contribution >= 0.6 is 11.6 Å². The molecule has 0 spiro atoms. The van der Waals surface area contributed by atoms with Gasteiger partial charge in [-0.3, -0.25) is 9.78 Å². The van der Waals surface area contributed by atoms with Crippen LogP contribution in [0.15, 0.2) is 54.7 Å². The average molecular weight is 507 g/mol. The fourth-order valence-electron chi connectivity index (χ4n) is 5.19. The summed E-state index contributed by atoms with van der Waals surface area (Å²) >= 11 is 6.46. The van der Waals surface area contributed by atoms with Gasteiger partial charge in [0.15, 0.2) is 0 Å². The average Bonchev–Trinajstić information content (AvgIpc) is 2.94. The lowest BCUT2D eigenvalue weighted by Crippen LogP contribution is -2.46. The Kier molecular flexibility index (Phi) is 9.60. The molecule has 1 aliphatic carbocycles. The molecule has 0 unspecified atom stereocenters. The van der Waals surface area contributed by atoms with Gasteiger partial charge in [0.1, 0.15) is 0 Å². The summed E-state index contributed by atoms with van der Waals surface area (Å²) in [6, 6.07) is 16.3. The lowest BCUT2D eigenvalue weighted by atomic mass is 9.95. The van der Waals surface area contributed by atoms with Crippen molar-refractivity contribution in [3.8, 4) is 0 Å². The number of aryl methyl sites for hydroxylation is 1. The second-order valence-corrected chi connectivity index (χ2v) is 10.1. The summed E-state index contributed by atoms with van der Waals surface area (Å²) in [5, 5.41) is 5.03. The van der Waals surface area contributed by atoms with E-state index < -0.39 is 0 Å². The number of hydrogen-bond donors (Lipinski definition) is 1. The number of nitrogens with zero attached hydrogens (tertiary/aromatic N) is 3. The number of fused-ring (bicyclic) bond motifs is 1. The Morgan fingerprint density at radius 3 is 2.44 bits per heavy atom. The van der Waals surface area contributed by atoms with E-state index in [9.17, 15) is 4.79 Å². The molecule has 6 heteroatoms. The van der Waals surface area contributed by atoms with Gasteiger partial charge in [-0.05, 0) is 49.6 Å². The fraction of sp³-hybridized carbons (Fsp3) is 0.467. The van der Waals surface area contributed by atoms with Crippen molar-refractivity contribution in [1.82, 2.24) is 15.2 Å². The number of carbonyl (C=O) groups excluding carboxylic acids is 1. The molecule has 1 aliphatic heterocycles. The summed E-state index contributed by atoms with van der Waals surface area (Å²) in [7, 11) is 0. The third-order valence-corrected chi connectivity index (χ3v) is 7.87. The Balaban J connectivity index is 0.000000170. The molecule has 1 N–H and O–H groups in total. The number of amides is 1. The van der Waals surface area contributed by atoms with Gasteiger partial charge in [-0.25, -0.2) is 0 Å². The zero-order valence-corrected chi connectivity index (χ0v) is 22.4. The summed E-state index contributed by atoms with van der Waals surface area (Å²) in [5.74, 6) is 0.0329. The third kappa shape index (κ3) is 6.57. The van der Waals surface area contributed by atoms with Crippen molar-refractivity contribution in [2.75, 3.05) is 37.6 Å². The minimum absolute atomic E-state index is 0.0329. The summed E-state index contributed by atoms with van der Waals surface area (Å²) < 4.78 is 0. The van der Waals surface area contributed by atoms with E-state index in [1.807, 2.05) is 24.3 Å². The van der Waals surface area contributed by atoms with Gasteiger partial charge in [0.05, 0.1) is 21.8 Å². The van der Waals surface area contributed by atoms with Crippen molar-refractivity contribution < 1.29 is 4.79 Å². The van der Waals surface area contributed by atoms with Crippen LogP contribution in [0.1, 0.15) is 61.9 Å².